The SMILES string of the molecule is CC1(C)[C@H](n2oc(=O)n(-c3cccc(Cl)c3)c2=O)N(c2cccc(Cl)c2)C(=O)N1Cc1ccc(F)cc1. The number of amides is 2. The highest BCUT2D eigenvalue weighted by atomic mass is 35.5. The number of hydrogen-bond acceptors (Lipinski definition) is 4. The van der Waals surface area contributed by atoms with Crippen LogP contribution in [0.1, 0.15) is 25.6 Å². The molecule has 2 amide bonds. The Morgan fingerprint density at radius 3 is 2.11 bits per heavy atom. The largest absolute Gasteiger partial charge is 0.447 e. The summed E-state index contributed by atoms with van der Waals surface area (Å²) in [4.78, 5) is 43.3. The normalized spacial score (nSPS) is 17.0. The van der Waals surface area contributed by atoms with E-state index in [0.29, 0.717) is 21.3 Å². The topological polar surface area (TPSA) is 80.7 Å². The van der Waals surface area contributed by atoms with Gasteiger partial charge in [0.1, 0.15) is 5.82 Å². The molecule has 4 aromatic rings. The van der Waals surface area contributed by atoms with E-state index in [1.54, 1.807) is 68.4 Å². The third kappa shape index (κ3) is 4.34. The highest BCUT2D eigenvalue weighted by molar-refractivity contribution is 6.31. The van der Waals surface area contributed by atoms with Gasteiger partial charge >= 0.3 is 17.5 Å². The summed E-state index contributed by atoms with van der Waals surface area (Å²) >= 11 is 12.3. The Balaban J connectivity index is 1.67. The van der Waals surface area contributed by atoms with Crippen LogP contribution in [0.5, 0.6) is 0 Å². The van der Waals surface area contributed by atoms with Crippen LogP contribution in [0.2, 0.25) is 10.0 Å². The zero-order chi connectivity index (χ0) is 26.5. The third-order valence-electron chi connectivity index (χ3n) is 6.38. The first-order chi connectivity index (χ1) is 17.6. The number of halogens is 3. The van der Waals surface area contributed by atoms with Gasteiger partial charge in [0.2, 0.25) is 0 Å². The van der Waals surface area contributed by atoms with Gasteiger partial charge in [-0.1, -0.05) is 47.5 Å². The van der Waals surface area contributed by atoms with Gasteiger partial charge in [-0.05, 0) is 67.9 Å². The van der Waals surface area contributed by atoms with Gasteiger partial charge in [0, 0.05) is 22.3 Å². The molecule has 5 rings (SSSR count). The summed E-state index contributed by atoms with van der Waals surface area (Å²) in [5, 5.41) is 0.711. The minimum absolute atomic E-state index is 0.119. The van der Waals surface area contributed by atoms with Gasteiger partial charge in [-0.15, -0.1) is 4.74 Å². The second-order valence-corrected chi connectivity index (χ2v) is 10.0. The molecule has 0 unspecified atom stereocenters. The monoisotopic (exact) mass is 542 g/mol. The van der Waals surface area contributed by atoms with E-state index >= 15 is 0 Å². The van der Waals surface area contributed by atoms with E-state index in [1.165, 1.54) is 28.0 Å². The second-order valence-electron chi connectivity index (χ2n) is 9.15. The second kappa shape index (κ2) is 9.24. The van der Waals surface area contributed by atoms with E-state index in [4.69, 9.17) is 27.7 Å². The van der Waals surface area contributed by atoms with Gasteiger partial charge < -0.3 is 9.42 Å². The van der Waals surface area contributed by atoms with Crippen molar-refractivity contribution in [2.75, 3.05) is 4.90 Å². The average molecular weight is 543 g/mol. The van der Waals surface area contributed by atoms with Crippen molar-refractivity contribution in [3.8, 4) is 5.69 Å². The lowest BCUT2D eigenvalue weighted by Gasteiger charge is -2.34. The van der Waals surface area contributed by atoms with Crippen molar-refractivity contribution in [3.63, 3.8) is 0 Å². The van der Waals surface area contributed by atoms with Crippen LogP contribution in [0.25, 0.3) is 5.69 Å². The average Bonchev–Trinajstić information content (AvgIpc) is 3.24. The Morgan fingerprint density at radius 2 is 1.49 bits per heavy atom. The van der Waals surface area contributed by atoms with Gasteiger partial charge in [0.05, 0.1) is 11.2 Å². The lowest BCUT2D eigenvalue weighted by atomic mass is 9.99. The van der Waals surface area contributed by atoms with E-state index in [9.17, 15) is 18.8 Å². The zero-order valence-corrected chi connectivity index (χ0v) is 21.3. The number of carbonyl (C=O) groups is 1. The fraction of sp³-hybridized carbons (Fsp3) is 0.192. The highest BCUT2D eigenvalue weighted by Gasteiger charge is 2.55. The molecule has 190 valence electrons. The molecule has 11 heteroatoms. The number of benzene rings is 3. The maximum atomic E-state index is 13.9. The number of aromatic nitrogens is 2. The van der Waals surface area contributed by atoms with Crippen LogP contribution < -0.4 is 16.3 Å². The Morgan fingerprint density at radius 1 is 0.892 bits per heavy atom. The first-order valence-electron chi connectivity index (χ1n) is 11.3. The molecule has 1 aliphatic heterocycles. The van der Waals surface area contributed by atoms with Crippen molar-refractivity contribution in [1.82, 2.24) is 14.2 Å². The Labute approximate surface area is 220 Å². The predicted octanol–water partition coefficient (Wildman–Crippen LogP) is 5.46. The summed E-state index contributed by atoms with van der Waals surface area (Å²) in [6, 6.07) is 18.1. The molecular weight excluding hydrogens is 522 g/mol. The Bertz CT molecular complexity index is 1610. The van der Waals surface area contributed by atoms with E-state index in [-0.39, 0.29) is 12.2 Å². The maximum Gasteiger partial charge on any atom is 0.447 e. The van der Waals surface area contributed by atoms with Gasteiger partial charge in [0.25, 0.3) is 0 Å². The fourth-order valence-corrected chi connectivity index (χ4v) is 4.95. The van der Waals surface area contributed by atoms with Crippen molar-refractivity contribution >= 4 is 34.9 Å². The first-order valence-corrected chi connectivity index (χ1v) is 12.0. The van der Waals surface area contributed by atoms with Gasteiger partial charge in [-0.3, -0.25) is 4.90 Å². The summed E-state index contributed by atoms with van der Waals surface area (Å²) in [7, 11) is 0. The lowest BCUT2D eigenvalue weighted by Crippen LogP contribution is -2.46. The Hall–Kier alpha value is -3.82. The van der Waals surface area contributed by atoms with Crippen LogP contribution >= 0.6 is 23.2 Å². The smallest absolute Gasteiger partial charge is 0.314 e. The summed E-state index contributed by atoms with van der Waals surface area (Å²) in [5.74, 6) is -1.33. The van der Waals surface area contributed by atoms with Crippen LogP contribution in [0.4, 0.5) is 14.9 Å². The molecule has 8 nitrogen and oxygen atoms in total. The van der Waals surface area contributed by atoms with Crippen LogP contribution in [0.15, 0.2) is 86.9 Å². The van der Waals surface area contributed by atoms with Crippen molar-refractivity contribution in [3.05, 3.63) is 115 Å². The summed E-state index contributed by atoms with van der Waals surface area (Å²) in [6.45, 7) is 3.63. The van der Waals surface area contributed by atoms with E-state index in [1.807, 2.05) is 0 Å². The summed E-state index contributed by atoms with van der Waals surface area (Å²) in [6.07, 6.45) is -1.07. The minimum Gasteiger partial charge on any atom is -0.314 e. The van der Waals surface area contributed by atoms with Gasteiger partial charge in [0.15, 0.2) is 6.17 Å². The third-order valence-corrected chi connectivity index (χ3v) is 6.85. The molecule has 1 atom stereocenters. The lowest BCUT2D eigenvalue weighted by molar-refractivity contribution is 0.0931. The molecule has 0 bridgehead atoms. The first kappa shape index (κ1) is 24.9. The molecule has 0 radical (unpaired) electrons. The highest BCUT2D eigenvalue weighted by Crippen LogP contribution is 2.43. The molecule has 0 spiro atoms. The predicted molar refractivity (Wildman–Crippen MR) is 138 cm³/mol. The van der Waals surface area contributed by atoms with Crippen molar-refractivity contribution < 1.29 is 13.7 Å². The molecule has 37 heavy (non-hydrogen) atoms. The number of anilines is 1. The fourth-order valence-electron chi connectivity index (χ4n) is 4.58. The number of urea groups is 1. The summed E-state index contributed by atoms with van der Waals surface area (Å²) < 4.78 is 20.7. The van der Waals surface area contributed by atoms with Crippen molar-refractivity contribution in [2.45, 2.75) is 32.1 Å². The number of nitrogens with zero attached hydrogens (tertiary/aromatic N) is 4. The molecule has 1 saturated heterocycles. The molecular formula is C26H21Cl2FN4O4. The minimum atomic E-state index is -1.08. The number of carbonyl (C=O) groups excluding carboxylic acids is 1. The quantitative estimate of drug-likeness (QED) is 0.335. The number of hydrogen-bond donors (Lipinski definition) is 0. The van der Waals surface area contributed by atoms with Crippen molar-refractivity contribution in [2.24, 2.45) is 0 Å². The van der Waals surface area contributed by atoms with Crippen LogP contribution in [-0.4, -0.2) is 25.8 Å². The summed E-state index contributed by atoms with van der Waals surface area (Å²) in [5.41, 5.74) is -0.547. The van der Waals surface area contributed by atoms with Gasteiger partial charge in [-0.25, -0.2) is 18.8 Å². The Kier molecular flexibility index (Phi) is 6.21. The standard InChI is InChI=1S/C26H21Cl2FN4O4/c1-26(2)22(33-24(35)32(25(36)37-33)21-8-4-6-18(28)14-21)31(20-7-3-5-17(27)13-20)23(34)30(26)15-16-9-11-19(29)12-10-16/h3-14,22H,15H2,1-2H3/t22-/m0/s1. The van der Waals surface area contributed by atoms with E-state index in [0.717, 1.165) is 9.31 Å². The molecule has 1 fully saturated rings. The van der Waals surface area contributed by atoms with Crippen LogP contribution in [0.3, 0.4) is 0 Å². The van der Waals surface area contributed by atoms with E-state index in [2.05, 4.69) is 0 Å². The molecule has 0 N–H and O–H groups in total. The van der Waals surface area contributed by atoms with E-state index < -0.39 is 35.0 Å². The molecule has 3 aromatic carbocycles. The van der Waals surface area contributed by atoms with Crippen LogP contribution in [-0.2, 0) is 6.54 Å². The molecule has 1 aromatic heterocycles. The zero-order valence-electron chi connectivity index (χ0n) is 19.8. The maximum absolute atomic E-state index is 13.9. The molecule has 2 heterocycles. The van der Waals surface area contributed by atoms with Crippen LogP contribution in [0, 0.1) is 5.82 Å². The molecule has 0 aliphatic carbocycles. The molecule has 0 saturated carbocycles. The van der Waals surface area contributed by atoms with Gasteiger partial charge in [-0.2, -0.15) is 4.57 Å². The van der Waals surface area contributed by atoms with Crippen molar-refractivity contribution in [1.29, 1.82) is 0 Å². The number of rotatable bonds is 5. The molecule has 1 aliphatic rings.